The summed E-state index contributed by atoms with van der Waals surface area (Å²) in [6.07, 6.45) is 8.35. The molecule has 0 spiro atoms. The molecule has 2 aliphatic rings. The van der Waals surface area contributed by atoms with Crippen LogP contribution < -0.4 is 0 Å². The highest BCUT2D eigenvalue weighted by molar-refractivity contribution is 7.90. The first-order valence-electron chi connectivity index (χ1n) is 5.88. The Balaban J connectivity index is 2.72. The van der Waals surface area contributed by atoms with E-state index >= 15 is 0 Å². The first-order chi connectivity index (χ1) is 10.2. The zero-order valence-electron chi connectivity index (χ0n) is 10.9. The number of hydrogen-bond acceptors (Lipinski definition) is 4. The van der Waals surface area contributed by atoms with Crippen molar-refractivity contribution in [1.82, 2.24) is 0 Å². The largest absolute Gasteiger partial charge is 0.478 e. The molecule has 0 heterocycles. The van der Waals surface area contributed by atoms with E-state index in [1.165, 1.54) is 30.4 Å². The van der Waals surface area contributed by atoms with E-state index in [0.717, 1.165) is 12.2 Å². The molecular weight excluding hydrogens is 312 g/mol. The number of aliphatic carboxylic acids is 2. The average molecular weight is 322 g/mol. The Morgan fingerprint density at radius 2 is 1.45 bits per heavy atom. The van der Waals surface area contributed by atoms with Crippen molar-refractivity contribution in [2.24, 2.45) is 0 Å². The van der Waals surface area contributed by atoms with Gasteiger partial charge in [-0.3, -0.25) is 4.55 Å². The van der Waals surface area contributed by atoms with Crippen LogP contribution in [-0.2, 0) is 19.7 Å². The second-order valence-electron chi connectivity index (χ2n) is 4.41. The van der Waals surface area contributed by atoms with E-state index in [1.54, 1.807) is 0 Å². The van der Waals surface area contributed by atoms with Crippen molar-refractivity contribution in [3.8, 4) is 0 Å². The number of carbonyl (C=O) groups is 2. The first-order valence-corrected chi connectivity index (χ1v) is 7.32. The average Bonchev–Trinajstić information content (AvgIpc) is 2.67. The van der Waals surface area contributed by atoms with E-state index in [4.69, 9.17) is 14.8 Å². The molecule has 0 radical (unpaired) electrons. The number of hydrogen-bond donors (Lipinski definition) is 3. The van der Waals surface area contributed by atoms with Crippen LogP contribution in [-0.4, -0.2) is 35.1 Å². The smallest absolute Gasteiger partial charge is 0.335 e. The molecule has 0 bridgehead atoms. The van der Waals surface area contributed by atoms with Crippen molar-refractivity contribution in [3.63, 3.8) is 0 Å². The summed E-state index contributed by atoms with van der Waals surface area (Å²) in [5.74, 6) is -2.61. The van der Waals surface area contributed by atoms with Gasteiger partial charge in [0.1, 0.15) is 0 Å². The van der Waals surface area contributed by atoms with Gasteiger partial charge in [0.2, 0.25) is 0 Å². The fourth-order valence-corrected chi connectivity index (χ4v) is 2.42. The highest BCUT2D eigenvalue weighted by Gasteiger charge is 2.21. The van der Waals surface area contributed by atoms with Gasteiger partial charge < -0.3 is 10.2 Å². The Bertz CT molecular complexity index is 846. The fraction of sp³-hybridized carbons (Fsp3) is 0. The maximum absolute atomic E-state index is 11.3. The Morgan fingerprint density at radius 1 is 0.864 bits per heavy atom. The molecule has 0 fully saturated rings. The van der Waals surface area contributed by atoms with Crippen LogP contribution in [0.5, 0.6) is 0 Å². The van der Waals surface area contributed by atoms with E-state index in [1.807, 2.05) is 0 Å². The predicted octanol–water partition coefficient (Wildman–Crippen LogP) is 1.22. The van der Waals surface area contributed by atoms with Gasteiger partial charge >= 0.3 is 11.9 Å². The predicted molar refractivity (Wildman–Crippen MR) is 76.4 cm³/mol. The zero-order chi connectivity index (χ0) is 16.5. The van der Waals surface area contributed by atoms with Gasteiger partial charge in [0.25, 0.3) is 10.1 Å². The number of carboxylic acids is 2. The van der Waals surface area contributed by atoms with Crippen LogP contribution in [0.4, 0.5) is 0 Å². The maximum Gasteiger partial charge on any atom is 0.335 e. The molecule has 0 aromatic heterocycles. The lowest BCUT2D eigenvalue weighted by molar-refractivity contribution is -0.133. The summed E-state index contributed by atoms with van der Waals surface area (Å²) in [6, 6.07) is 0. The lowest BCUT2D eigenvalue weighted by atomic mass is 10.0. The SMILES string of the molecule is O=C(O)C1=CC2=CC=CC(C(=O)O)=CC2=CC(S(=O)(=O)O)=C1. The van der Waals surface area contributed by atoms with E-state index < -0.39 is 27.0 Å². The number of rotatable bonds is 3. The maximum atomic E-state index is 11.3. The topological polar surface area (TPSA) is 129 Å². The molecule has 3 N–H and O–H groups in total. The Morgan fingerprint density at radius 3 is 2.00 bits per heavy atom. The molecule has 0 aromatic carbocycles. The third-order valence-corrected chi connectivity index (χ3v) is 3.73. The van der Waals surface area contributed by atoms with E-state index in [-0.39, 0.29) is 16.7 Å². The summed E-state index contributed by atoms with van der Waals surface area (Å²) >= 11 is 0. The van der Waals surface area contributed by atoms with Crippen LogP contribution in [0.15, 0.2) is 69.7 Å². The lowest BCUT2D eigenvalue weighted by Gasteiger charge is -2.02. The Hall–Kier alpha value is -2.71. The summed E-state index contributed by atoms with van der Waals surface area (Å²) in [6.45, 7) is 0. The van der Waals surface area contributed by atoms with Crippen molar-refractivity contribution in [2.75, 3.05) is 0 Å². The Labute approximate surface area is 125 Å². The van der Waals surface area contributed by atoms with Crippen LogP contribution in [0.2, 0.25) is 0 Å². The zero-order valence-corrected chi connectivity index (χ0v) is 11.7. The monoisotopic (exact) mass is 322 g/mol. The van der Waals surface area contributed by atoms with Gasteiger partial charge in [-0.1, -0.05) is 12.2 Å². The highest BCUT2D eigenvalue weighted by Crippen LogP contribution is 2.27. The molecule has 2 aliphatic carbocycles. The van der Waals surface area contributed by atoms with E-state index in [9.17, 15) is 18.0 Å². The molecule has 8 heteroatoms. The molecule has 0 amide bonds. The molecular formula is C14H10O7S. The van der Waals surface area contributed by atoms with Crippen LogP contribution in [0.3, 0.4) is 0 Å². The molecule has 114 valence electrons. The molecule has 7 nitrogen and oxygen atoms in total. The lowest BCUT2D eigenvalue weighted by Crippen LogP contribution is -2.03. The third kappa shape index (κ3) is 3.30. The minimum atomic E-state index is -4.66. The molecule has 0 aromatic rings. The highest BCUT2D eigenvalue weighted by atomic mass is 32.2. The van der Waals surface area contributed by atoms with Crippen LogP contribution in [0.1, 0.15) is 0 Å². The summed E-state index contributed by atoms with van der Waals surface area (Å²) < 4.78 is 31.8. The van der Waals surface area contributed by atoms with E-state index in [2.05, 4.69) is 0 Å². The molecule has 2 rings (SSSR count). The van der Waals surface area contributed by atoms with Gasteiger partial charge in [-0.25, -0.2) is 9.59 Å². The summed E-state index contributed by atoms with van der Waals surface area (Å²) in [7, 11) is -4.66. The van der Waals surface area contributed by atoms with Gasteiger partial charge in [0.05, 0.1) is 16.1 Å². The summed E-state index contributed by atoms with van der Waals surface area (Å²) in [5.41, 5.74) is -0.00705. The van der Waals surface area contributed by atoms with E-state index in [0.29, 0.717) is 5.57 Å². The van der Waals surface area contributed by atoms with Crippen molar-refractivity contribution >= 4 is 22.1 Å². The summed E-state index contributed by atoms with van der Waals surface area (Å²) in [5, 5.41) is 18.1. The van der Waals surface area contributed by atoms with Crippen LogP contribution in [0.25, 0.3) is 0 Å². The van der Waals surface area contributed by atoms with Crippen molar-refractivity contribution in [2.45, 2.75) is 0 Å². The normalized spacial score (nSPS) is 17.8. The van der Waals surface area contributed by atoms with Gasteiger partial charge in [0.15, 0.2) is 0 Å². The molecule has 0 unspecified atom stereocenters. The number of fused-ring (bicyclic) bond motifs is 1. The van der Waals surface area contributed by atoms with Crippen molar-refractivity contribution < 1.29 is 32.8 Å². The fourth-order valence-electron chi connectivity index (χ4n) is 1.87. The third-order valence-electron chi connectivity index (χ3n) is 2.89. The minimum Gasteiger partial charge on any atom is -0.478 e. The number of carboxylic acid groups (broad SMARTS) is 2. The minimum absolute atomic E-state index is 0.112. The molecule has 0 saturated carbocycles. The molecule has 0 aliphatic heterocycles. The molecule has 0 saturated heterocycles. The summed E-state index contributed by atoms with van der Waals surface area (Å²) in [4.78, 5) is 21.6. The molecule has 22 heavy (non-hydrogen) atoms. The van der Waals surface area contributed by atoms with Crippen molar-refractivity contribution in [3.05, 3.63) is 69.7 Å². The van der Waals surface area contributed by atoms with Crippen molar-refractivity contribution in [1.29, 1.82) is 0 Å². The quantitative estimate of drug-likeness (QED) is 0.666. The standard InChI is InChI=1S/C14H10O7S/c15-13(16)9-3-1-2-8-4-11(14(17)18)7-12(22(19,20)21)6-10(8)5-9/h1-7H,(H,15,16)(H,17,18)(H,19,20,21). The number of allylic oxidation sites excluding steroid dienone is 7. The van der Waals surface area contributed by atoms with Gasteiger partial charge in [-0.2, -0.15) is 8.42 Å². The Kier molecular flexibility index (Phi) is 3.98. The van der Waals surface area contributed by atoms with Gasteiger partial charge in [-0.15, -0.1) is 0 Å². The molecule has 0 atom stereocenters. The first kappa shape index (κ1) is 15.7. The second kappa shape index (κ2) is 5.58. The van der Waals surface area contributed by atoms with Gasteiger partial charge in [0, 0.05) is 0 Å². The van der Waals surface area contributed by atoms with Crippen LogP contribution in [0, 0.1) is 0 Å². The van der Waals surface area contributed by atoms with Crippen LogP contribution >= 0.6 is 0 Å². The van der Waals surface area contributed by atoms with Gasteiger partial charge in [-0.05, 0) is 41.5 Å². The second-order valence-corrected chi connectivity index (χ2v) is 5.83.